The molecule has 210 valence electrons. The van der Waals surface area contributed by atoms with Crippen LogP contribution < -0.4 is 10.1 Å². The van der Waals surface area contributed by atoms with Gasteiger partial charge in [0.25, 0.3) is 0 Å². The van der Waals surface area contributed by atoms with Crippen LogP contribution in [0.5, 0.6) is 5.75 Å². The smallest absolute Gasteiger partial charge is 0.236 e. The zero-order valence-corrected chi connectivity index (χ0v) is 23.4. The lowest BCUT2D eigenvalue weighted by molar-refractivity contribution is -0.137. The first-order valence-electron chi connectivity index (χ1n) is 14.8. The molecule has 1 unspecified atom stereocenters. The summed E-state index contributed by atoms with van der Waals surface area (Å²) >= 11 is 0. The number of aryl methyl sites for hydroxylation is 2. The number of amides is 2. The molecule has 1 aromatic heterocycles. The minimum atomic E-state index is -0.338. The zero-order valence-electron chi connectivity index (χ0n) is 23.4. The van der Waals surface area contributed by atoms with Gasteiger partial charge in [0.05, 0.1) is 18.6 Å². The van der Waals surface area contributed by atoms with Crippen LogP contribution in [-0.4, -0.2) is 77.5 Å². The average molecular weight is 534 g/mol. The number of hydrogen-bond acceptors (Lipinski definition) is 6. The van der Waals surface area contributed by atoms with Crippen molar-refractivity contribution >= 4 is 11.8 Å². The first-order chi connectivity index (χ1) is 19.0. The third-order valence-corrected chi connectivity index (χ3v) is 8.83. The van der Waals surface area contributed by atoms with Crippen molar-refractivity contribution in [1.29, 1.82) is 0 Å². The van der Waals surface area contributed by atoms with Gasteiger partial charge in [-0.25, -0.2) is 9.97 Å². The second-order valence-electron chi connectivity index (χ2n) is 11.5. The maximum absolute atomic E-state index is 13.4. The summed E-state index contributed by atoms with van der Waals surface area (Å²) in [6, 6.07) is 10.3. The quantitative estimate of drug-likeness (QED) is 0.644. The third-order valence-electron chi connectivity index (χ3n) is 8.83. The number of hydrogen-bond donors (Lipinski definition) is 1. The van der Waals surface area contributed by atoms with E-state index in [9.17, 15) is 9.59 Å². The highest BCUT2D eigenvalue weighted by Crippen LogP contribution is 2.38. The van der Waals surface area contributed by atoms with Gasteiger partial charge < -0.3 is 15.0 Å². The first-order valence-corrected chi connectivity index (χ1v) is 14.8. The molecule has 8 heteroatoms. The normalized spacial score (nSPS) is 22.9. The van der Waals surface area contributed by atoms with Gasteiger partial charge in [0.15, 0.2) is 0 Å². The molecule has 1 atom stereocenters. The summed E-state index contributed by atoms with van der Waals surface area (Å²) in [6.07, 6.45) is 10.2. The summed E-state index contributed by atoms with van der Waals surface area (Å²) in [7, 11) is 0. The summed E-state index contributed by atoms with van der Waals surface area (Å²) in [6.45, 7) is 6.69. The van der Waals surface area contributed by atoms with Crippen LogP contribution in [0.25, 0.3) is 0 Å². The van der Waals surface area contributed by atoms with E-state index >= 15 is 0 Å². The van der Waals surface area contributed by atoms with Gasteiger partial charge in [0.2, 0.25) is 11.8 Å². The molecular formula is C31H43N5O3. The number of para-hydroxylation sites is 1. The number of nitrogens with one attached hydrogen (secondary N) is 1. The van der Waals surface area contributed by atoms with Crippen LogP contribution in [0, 0.1) is 12.3 Å². The van der Waals surface area contributed by atoms with Gasteiger partial charge in [0, 0.05) is 37.4 Å². The van der Waals surface area contributed by atoms with E-state index < -0.39 is 0 Å². The standard InChI is InChI=1S/C31H43N5O3/c1-24-32-17-12-27(34-24)26-10-6-18-36(22-26)29(37)23-35-19-14-31(15-20-35)13-5-4-9-25-8-2-3-11-28(25)39-21-7-16-33-30(31)38/h2-3,8,11-12,17,26H,4-7,9-10,13-16,18-23H2,1H3,(H,33,38). The van der Waals surface area contributed by atoms with Crippen LogP contribution in [0.3, 0.4) is 0 Å². The van der Waals surface area contributed by atoms with E-state index in [0.717, 1.165) is 101 Å². The van der Waals surface area contributed by atoms with Crippen LogP contribution in [0.1, 0.15) is 74.4 Å². The second-order valence-corrected chi connectivity index (χ2v) is 11.5. The third kappa shape index (κ3) is 6.96. The molecule has 0 saturated carbocycles. The molecule has 2 saturated heterocycles. The molecule has 3 aliphatic heterocycles. The van der Waals surface area contributed by atoms with Crippen LogP contribution in [-0.2, 0) is 16.0 Å². The Morgan fingerprint density at radius 3 is 2.77 bits per heavy atom. The van der Waals surface area contributed by atoms with Crippen molar-refractivity contribution in [2.45, 2.75) is 70.6 Å². The Bertz CT molecular complexity index is 1130. The summed E-state index contributed by atoms with van der Waals surface area (Å²) in [5, 5.41) is 3.21. The molecule has 2 fully saturated rings. The Morgan fingerprint density at radius 2 is 1.92 bits per heavy atom. The fourth-order valence-corrected chi connectivity index (χ4v) is 6.44. The molecule has 2 amide bonds. The van der Waals surface area contributed by atoms with Crippen LogP contribution in [0.4, 0.5) is 0 Å². The summed E-state index contributed by atoms with van der Waals surface area (Å²) in [4.78, 5) is 39.8. The van der Waals surface area contributed by atoms with Crippen molar-refractivity contribution in [2.75, 3.05) is 45.9 Å². The average Bonchev–Trinajstić information content (AvgIpc) is 2.97. The highest BCUT2D eigenvalue weighted by atomic mass is 16.5. The van der Waals surface area contributed by atoms with Crippen LogP contribution >= 0.6 is 0 Å². The lowest BCUT2D eigenvalue weighted by Gasteiger charge is -2.41. The lowest BCUT2D eigenvalue weighted by atomic mass is 9.73. The lowest BCUT2D eigenvalue weighted by Crippen LogP contribution is -2.51. The number of carbonyl (C=O) groups excluding carboxylic acids is 2. The predicted octanol–water partition coefficient (Wildman–Crippen LogP) is 3.88. The van der Waals surface area contributed by atoms with E-state index in [-0.39, 0.29) is 23.1 Å². The monoisotopic (exact) mass is 533 g/mol. The molecule has 0 bridgehead atoms. The van der Waals surface area contributed by atoms with Gasteiger partial charge in [-0.1, -0.05) is 24.6 Å². The van der Waals surface area contributed by atoms with Gasteiger partial charge in [-0.3, -0.25) is 14.5 Å². The van der Waals surface area contributed by atoms with E-state index in [1.54, 1.807) is 0 Å². The van der Waals surface area contributed by atoms with Gasteiger partial charge in [0.1, 0.15) is 11.6 Å². The number of ether oxygens (including phenoxy) is 1. The predicted molar refractivity (Wildman–Crippen MR) is 151 cm³/mol. The van der Waals surface area contributed by atoms with E-state index in [0.29, 0.717) is 19.7 Å². The highest BCUT2D eigenvalue weighted by molar-refractivity contribution is 5.83. The first kappa shape index (κ1) is 27.6. The van der Waals surface area contributed by atoms with E-state index in [2.05, 4.69) is 32.3 Å². The van der Waals surface area contributed by atoms with Crippen molar-refractivity contribution in [2.24, 2.45) is 5.41 Å². The summed E-state index contributed by atoms with van der Waals surface area (Å²) in [5.41, 5.74) is 1.96. The molecule has 39 heavy (non-hydrogen) atoms. The fraction of sp³-hybridized carbons (Fsp3) is 0.613. The Labute approximate surface area is 232 Å². The number of benzene rings is 1. The fourth-order valence-electron chi connectivity index (χ4n) is 6.44. The number of nitrogens with zero attached hydrogens (tertiary/aromatic N) is 4. The topological polar surface area (TPSA) is 87.7 Å². The minimum absolute atomic E-state index is 0.184. The van der Waals surface area contributed by atoms with Gasteiger partial charge in [-0.2, -0.15) is 0 Å². The van der Waals surface area contributed by atoms with E-state index in [1.807, 2.05) is 36.2 Å². The Balaban J connectivity index is 1.15. The number of piperidine rings is 2. The maximum atomic E-state index is 13.4. The molecule has 1 aromatic carbocycles. The van der Waals surface area contributed by atoms with Crippen LogP contribution in [0.15, 0.2) is 36.5 Å². The number of fused-ring (bicyclic) bond motifs is 1. The molecule has 3 aliphatic rings. The maximum Gasteiger partial charge on any atom is 0.236 e. The number of carbonyl (C=O) groups is 2. The largest absolute Gasteiger partial charge is 0.493 e. The van der Waals surface area contributed by atoms with Gasteiger partial charge in [-0.15, -0.1) is 0 Å². The Morgan fingerprint density at radius 1 is 1.08 bits per heavy atom. The van der Waals surface area contributed by atoms with Crippen molar-refractivity contribution in [3.8, 4) is 5.75 Å². The van der Waals surface area contributed by atoms with Crippen molar-refractivity contribution in [3.05, 3.63) is 53.6 Å². The molecule has 1 N–H and O–H groups in total. The molecule has 1 spiro atoms. The number of aromatic nitrogens is 2. The van der Waals surface area contributed by atoms with Crippen molar-refractivity contribution in [1.82, 2.24) is 25.1 Å². The molecule has 2 aromatic rings. The van der Waals surface area contributed by atoms with E-state index in [4.69, 9.17) is 4.74 Å². The van der Waals surface area contributed by atoms with Gasteiger partial charge in [-0.05, 0) is 89.1 Å². The van der Waals surface area contributed by atoms with Crippen molar-refractivity contribution < 1.29 is 14.3 Å². The van der Waals surface area contributed by atoms with Crippen LogP contribution in [0.2, 0.25) is 0 Å². The van der Waals surface area contributed by atoms with Gasteiger partial charge >= 0.3 is 0 Å². The molecule has 5 rings (SSSR count). The molecule has 8 nitrogen and oxygen atoms in total. The SMILES string of the molecule is Cc1nccc(C2CCCN(C(=O)CN3CCC4(CCCCc5ccccc5OCCCNC4=O)CC3)C2)n1. The molecule has 0 radical (unpaired) electrons. The second kappa shape index (κ2) is 12.9. The molecular weight excluding hydrogens is 490 g/mol. The Hall–Kier alpha value is -3.00. The van der Waals surface area contributed by atoms with Crippen molar-refractivity contribution in [3.63, 3.8) is 0 Å². The summed E-state index contributed by atoms with van der Waals surface area (Å²) < 4.78 is 6.01. The number of likely N-dealkylation sites (tertiary alicyclic amines) is 2. The minimum Gasteiger partial charge on any atom is -0.493 e. The highest BCUT2D eigenvalue weighted by Gasteiger charge is 2.41. The molecule has 4 heterocycles. The number of rotatable bonds is 3. The molecule has 0 aliphatic carbocycles. The Kier molecular flexibility index (Phi) is 9.12. The summed E-state index contributed by atoms with van der Waals surface area (Å²) in [5.74, 6) is 2.41. The van der Waals surface area contributed by atoms with E-state index in [1.165, 1.54) is 5.56 Å². The zero-order chi connectivity index (χ0) is 27.1.